The van der Waals surface area contributed by atoms with Gasteiger partial charge in [-0.3, -0.25) is 0 Å². The lowest BCUT2D eigenvalue weighted by Crippen LogP contribution is -2.30. The van der Waals surface area contributed by atoms with Crippen LogP contribution in [0.4, 0.5) is 0 Å². The summed E-state index contributed by atoms with van der Waals surface area (Å²) in [5.74, 6) is 0.389. The molecular weight excluding hydrogens is 310 g/mol. The van der Waals surface area contributed by atoms with E-state index in [1.807, 2.05) is 51.1 Å². The van der Waals surface area contributed by atoms with E-state index in [0.717, 1.165) is 16.7 Å². The summed E-state index contributed by atoms with van der Waals surface area (Å²) in [6.07, 6.45) is 0. The summed E-state index contributed by atoms with van der Waals surface area (Å²) >= 11 is 0. The topological polar surface area (TPSA) is 46.6 Å². The summed E-state index contributed by atoms with van der Waals surface area (Å²) in [5.41, 5.74) is 2.90. The Bertz CT molecular complexity index is 770. The zero-order valence-corrected chi connectivity index (χ0v) is 14.9. The van der Waals surface area contributed by atoms with E-state index >= 15 is 0 Å². The van der Waals surface area contributed by atoms with Crippen LogP contribution in [0.1, 0.15) is 23.6 Å². The highest BCUT2D eigenvalue weighted by Crippen LogP contribution is 2.30. The SMILES string of the molecule is CCN(Cc1ccccc1)S(=O)(=O)c1cc(C)c(C)cc1OC. The molecule has 23 heavy (non-hydrogen) atoms. The second kappa shape index (κ2) is 7.15. The first-order valence-electron chi connectivity index (χ1n) is 7.59. The first-order chi connectivity index (χ1) is 10.9. The van der Waals surface area contributed by atoms with Crippen molar-refractivity contribution in [3.05, 3.63) is 59.2 Å². The van der Waals surface area contributed by atoms with Crippen LogP contribution < -0.4 is 4.74 Å². The Morgan fingerprint density at radius 1 is 1.04 bits per heavy atom. The van der Waals surface area contributed by atoms with Crippen LogP contribution in [0.5, 0.6) is 5.75 Å². The molecule has 2 aromatic carbocycles. The Hall–Kier alpha value is -1.85. The summed E-state index contributed by atoms with van der Waals surface area (Å²) in [7, 11) is -2.13. The lowest BCUT2D eigenvalue weighted by molar-refractivity contribution is 0.391. The third-order valence-electron chi connectivity index (χ3n) is 3.95. The van der Waals surface area contributed by atoms with Crippen LogP contribution in [0.3, 0.4) is 0 Å². The quantitative estimate of drug-likeness (QED) is 0.812. The molecule has 2 rings (SSSR count). The Morgan fingerprint density at radius 3 is 2.22 bits per heavy atom. The van der Waals surface area contributed by atoms with Gasteiger partial charge in [0.15, 0.2) is 0 Å². The molecule has 0 N–H and O–H groups in total. The molecule has 0 fully saturated rings. The van der Waals surface area contributed by atoms with Gasteiger partial charge < -0.3 is 4.74 Å². The molecule has 0 saturated heterocycles. The molecule has 0 amide bonds. The van der Waals surface area contributed by atoms with Gasteiger partial charge in [0.05, 0.1) is 7.11 Å². The molecule has 0 heterocycles. The Kier molecular flexibility index (Phi) is 5.44. The van der Waals surface area contributed by atoms with E-state index in [9.17, 15) is 8.42 Å². The highest BCUT2D eigenvalue weighted by molar-refractivity contribution is 7.89. The number of aryl methyl sites for hydroxylation is 2. The summed E-state index contributed by atoms with van der Waals surface area (Å²) in [4.78, 5) is 0.223. The normalized spacial score (nSPS) is 11.7. The van der Waals surface area contributed by atoms with Gasteiger partial charge in [0.25, 0.3) is 0 Å². The van der Waals surface area contributed by atoms with Crippen molar-refractivity contribution >= 4 is 10.0 Å². The molecule has 4 nitrogen and oxygen atoms in total. The molecule has 0 radical (unpaired) electrons. The van der Waals surface area contributed by atoms with Gasteiger partial charge in [-0.05, 0) is 42.7 Å². The van der Waals surface area contributed by atoms with Gasteiger partial charge in [-0.1, -0.05) is 37.3 Å². The van der Waals surface area contributed by atoms with E-state index in [1.165, 1.54) is 11.4 Å². The monoisotopic (exact) mass is 333 g/mol. The predicted octanol–water partition coefficient (Wildman–Crippen LogP) is 3.52. The van der Waals surface area contributed by atoms with Gasteiger partial charge in [0.1, 0.15) is 10.6 Å². The van der Waals surface area contributed by atoms with Gasteiger partial charge >= 0.3 is 0 Å². The average molecular weight is 333 g/mol. The van der Waals surface area contributed by atoms with Crippen molar-refractivity contribution in [1.82, 2.24) is 4.31 Å². The molecule has 0 atom stereocenters. The second-order valence-corrected chi connectivity index (χ2v) is 7.41. The zero-order chi connectivity index (χ0) is 17.0. The number of benzene rings is 2. The van der Waals surface area contributed by atoms with Crippen LogP contribution in [0.25, 0.3) is 0 Å². The second-order valence-electron chi connectivity index (χ2n) is 5.50. The fraction of sp³-hybridized carbons (Fsp3) is 0.333. The van der Waals surface area contributed by atoms with Crippen molar-refractivity contribution in [2.75, 3.05) is 13.7 Å². The largest absolute Gasteiger partial charge is 0.495 e. The molecule has 0 spiro atoms. The van der Waals surface area contributed by atoms with Crippen molar-refractivity contribution < 1.29 is 13.2 Å². The van der Waals surface area contributed by atoms with E-state index in [0.29, 0.717) is 18.8 Å². The van der Waals surface area contributed by atoms with Crippen LogP contribution in [0, 0.1) is 13.8 Å². The van der Waals surface area contributed by atoms with Crippen molar-refractivity contribution in [3.8, 4) is 5.75 Å². The van der Waals surface area contributed by atoms with Crippen molar-refractivity contribution in [3.63, 3.8) is 0 Å². The Labute approximate surface area is 138 Å². The van der Waals surface area contributed by atoms with E-state index in [-0.39, 0.29) is 4.90 Å². The first kappa shape index (κ1) is 17.5. The fourth-order valence-electron chi connectivity index (χ4n) is 2.42. The minimum atomic E-state index is -3.62. The standard InChI is InChI=1S/C18H23NO3S/c1-5-19(13-16-9-7-6-8-10-16)23(20,21)18-12-15(3)14(2)11-17(18)22-4/h6-12H,5,13H2,1-4H3. The highest BCUT2D eigenvalue weighted by Gasteiger charge is 2.27. The van der Waals surface area contributed by atoms with Crippen molar-refractivity contribution in [2.45, 2.75) is 32.2 Å². The van der Waals surface area contributed by atoms with E-state index in [4.69, 9.17) is 4.74 Å². The predicted molar refractivity (Wildman–Crippen MR) is 92.2 cm³/mol. The summed E-state index contributed by atoms with van der Waals surface area (Å²) in [6, 6.07) is 13.1. The number of rotatable bonds is 6. The number of ether oxygens (including phenoxy) is 1. The van der Waals surface area contributed by atoms with E-state index in [1.54, 1.807) is 12.1 Å². The summed E-state index contributed by atoms with van der Waals surface area (Å²) in [6.45, 7) is 6.42. The smallest absolute Gasteiger partial charge is 0.247 e. The van der Waals surface area contributed by atoms with Gasteiger partial charge in [-0.25, -0.2) is 8.42 Å². The maximum atomic E-state index is 13.1. The minimum absolute atomic E-state index is 0.223. The van der Waals surface area contributed by atoms with Crippen LogP contribution in [-0.2, 0) is 16.6 Å². The molecule has 0 aliphatic heterocycles. The molecule has 5 heteroatoms. The average Bonchev–Trinajstić information content (AvgIpc) is 2.55. The van der Waals surface area contributed by atoms with Crippen LogP contribution in [0.2, 0.25) is 0 Å². The molecule has 0 aliphatic rings. The number of hydrogen-bond donors (Lipinski definition) is 0. The van der Waals surface area contributed by atoms with E-state index in [2.05, 4.69) is 0 Å². The number of nitrogens with zero attached hydrogens (tertiary/aromatic N) is 1. The number of methoxy groups -OCH3 is 1. The maximum Gasteiger partial charge on any atom is 0.247 e. The van der Waals surface area contributed by atoms with Crippen LogP contribution >= 0.6 is 0 Å². The minimum Gasteiger partial charge on any atom is -0.495 e. The molecule has 2 aromatic rings. The number of sulfonamides is 1. The van der Waals surface area contributed by atoms with Crippen LogP contribution in [-0.4, -0.2) is 26.4 Å². The first-order valence-corrected chi connectivity index (χ1v) is 9.03. The lowest BCUT2D eigenvalue weighted by Gasteiger charge is -2.22. The van der Waals surface area contributed by atoms with Gasteiger partial charge in [-0.2, -0.15) is 4.31 Å². The summed E-state index contributed by atoms with van der Waals surface area (Å²) in [5, 5.41) is 0. The van der Waals surface area contributed by atoms with E-state index < -0.39 is 10.0 Å². The Balaban J connectivity index is 2.45. The maximum absolute atomic E-state index is 13.1. The van der Waals surface area contributed by atoms with Crippen molar-refractivity contribution in [1.29, 1.82) is 0 Å². The lowest BCUT2D eigenvalue weighted by atomic mass is 10.1. The molecule has 124 valence electrons. The Morgan fingerprint density at radius 2 is 1.65 bits per heavy atom. The van der Waals surface area contributed by atoms with Gasteiger partial charge in [0.2, 0.25) is 10.0 Å². The molecule has 0 aliphatic carbocycles. The molecule has 0 unspecified atom stereocenters. The van der Waals surface area contributed by atoms with Gasteiger partial charge in [0, 0.05) is 13.1 Å². The fourth-order valence-corrected chi connectivity index (χ4v) is 4.08. The van der Waals surface area contributed by atoms with Crippen LogP contribution in [0.15, 0.2) is 47.4 Å². The third kappa shape index (κ3) is 3.74. The number of hydrogen-bond acceptors (Lipinski definition) is 3. The van der Waals surface area contributed by atoms with Crippen molar-refractivity contribution in [2.24, 2.45) is 0 Å². The molecular formula is C18H23NO3S. The third-order valence-corrected chi connectivity index (χ3v) is 5.89. The zero-order valence-electron chi connectivity index (χ0n) is 14.0. The molecule has 0 bridgehead atoms. The highest BCUT2D eigenvalue weighted by atomic mass is 32.2. The van der Waals surface area contributed by atoms with Gasteiger partial charge in [-0.15, -0.1) is 0 Å². The molecule has 0 saturated carbocycles. The molecule has 0 aromatic heterocycles. The summed E-state index contributed by atoms with van der Waals surface area (Å²) < 4.78 is 32.9.